The van der Waals surface area contributed by atoms with Crippen molar-refractivity contribution in [1.29, 1.82) is 0 Å². The fourth-order valence-electron chi connectivity index (χ4n) is 1.30. The Labute approximate surface area is 90.8 Å². The molecule has 0 aliphatic rings. The minimum atomic E-state index is -1.63. The number of carboxylic acid groups (broad SMARTS) is 1. The van der Waals surface area contributed by atoms with E-state index >= 15 is 0 Å². The fraction of sp³-hybridized carbons (Fsp3) is 0.300. The summed E-state index contributed by atoms with van der Waals surface area (Å²) in [6.45, 7) is 1.29. The van der Waals surface area contributed by atoms with E-state index < -0.39 is 23.5 Å². The van der Waals surface area contributed by atoms with Crippen molar-refractivity contribution in [3.63, 3.8) is 0 Å². The summed E-state index contributed by atoms with van der Waals surface area (Å²) in [6.07, 6.45) is -1.40. The number of hydrogen-bond donors (Lipinski definition) is 2. The van der Waals surface area contributed by atoms with Gasteiger partial charge in [-0.25, -0.2) is 13.6 Å². The normalized spacial score (nSPS) is 14.2. The number of halogens is 2. The first-order chi connectivity index (χ1) is 7.40. The number of ether oxygens (including phenoxy) is 1. The molecule has 1 aromatic carbocycles. The number of benzene rings is 1. The molecule has 0 bridgehead atoms. The third-order valence-corrected chi connectivity index (χ3v) is 2.22. The minimum absolute atomic E-state index is 0.211. The van der Waals surface area contributed by atoms with Gasteiger partial charge < -0.3 is 9.84 Å². The van der Waals surface area contributed by atoms with E-state index in [4.69, 9.17) is 9.84 Å². The van der Waals surface area contributed by atoms with Crippen LogP contribution in [0, 0.1) is 11.6 Å². The van der Waals surface area contributed by atoms with Gasteiger partial charge in [0, 0.05) is 12.7 Å². The van der Waals surface area contributed by atoms with Crippen LogP contribution in [0.5, 0.6) is 0 Å². The Balaban J connectivity index is 3.22. The average molecular weight is 231 g/mol. The van der Waals surface area contributed by atoms with Crippen LogP contribution in [0.25, 0.3) is 0 Å². The molecule has 1 atom stereocenters. The standard InChI is InChI=1S/C10H11F2NO3/c1-10(16-2,13-9(14)15)6-4-3-5-7(11)8(6)12/h3-5,13H,1-2H3,(H,14,15). The van der Waals surface area contributed by atoms with Gasteiger partial charge in [0.25, 0.3) is 0 Å². The van der Waals surface area contributed by atoms with E-state index in [2.05, 4.69) is 0 Å². The zero-order valence-corrected chi connectivity index (χ0v) is 8.75. The molecule has 0 aliphatic heterocycles. The summed E-state index contributed by atoms with van der Waals surface area (Å²) in [7, 11) is 1.19. The molecule has 0 saturated heterocycles. The first-order valence-electron chi connectivity index (χ1n) is 4.41. The van der Waals surface area contributed by atoms with Crippen LogP contribution >= 0.6 is 0 Å². The molecule has 1 aromatic rings. The number of amides is 1. The molecule has 16 heavy (non-hydrogen) atoms. The first kappa shape index (κ1) is 12.4. The maximum atomic E-state index is 13.4. The quantitative estimate of drug-likeness (QED) is 0.783. The van der Waals surface area contributed by atoms with Gasteiger partial charge in [0.2, 0.25) is 0 Å². The number of hydrogen-bond acceptors (Lipinski definition) is 2. The second kappa shape index (κ2) is 4.44. The van der Waals surface area contributed by atoms with Crippen LogP contribution in [-0.2, 0) is 10.5 Å². The summed E-state index contributed by atoms with van der Waals surface area (Å²) in [5.74, 6) is -2.20. The lowest BCUT2D eigenvalue weighted by molar-refractivity contribution is -0.0263. The Bertz CT molecular complexity index is 411. The van der Waals surface area contributed by atoms with Gasteiger partial charge in [-0.15, -0.1) is 0 Å². The van der Waals surface area contributed by atoms with E-state index in [9.17, 15) is 13.6 Å². The number of carbonyl (C=O) groups is 1. The molecule has 4 nitrogen and oxygen atoms in total. The molecule has 2 N–H and O–H groups in total. The van der Waals surface area contributed by atoms with Crippen molar-refractivity contribution in [2.45, 2.75) is 12.6 Å². The maximum Gasteiger partial charge on any atom is 0.407 e. The van der Waals surface area contributed by atoms with Gasteiger partial charge in [-0.2, -0.15) is 0 Å². The maximum absolute atomic E-state index is 13.4. The predicted molar refractivity (Wildman–Crippen MR) is 51.9 cm³/mol. The molecule has 6 heteroatoms. The minimum Gasteiger partial charge on any atom is -0.465 e. The average Bonchev–Trinajstić information content (AvgIpc) is 2.21. The molecule has 1 rings (SSSR count). The van der Waals surface area contributed by atoms with Gasteiger partial charge in [0.15, 0.2) is 17.4 Å². The molecule has 0 heterocycles. The highest BCUT2D eigenvalue weighted by Crippen LogP contribution is 2.25. The molecule has 0 aromatic heterocycles. The second-order valence-electron chi connectivity index (χ2n) is 3.27. The summed E-state index contributed by atoms with van der Waals surface area (Å²) in [4.78, 5) is 10.5. The highest BCUT2D eigenvalue weighted by Gasteiger charge is 2.32. The molecule has 1 amide bonds. The monoisotopic (exact) mass is 231 g/mol. The van der Waals surface area contributed by atoms with Crippen molar-refractivity contribution in [2.24, 2.45) is 0 Å². The molecule has 88 valence electrons. The Morgan fingerprint density at radius 3 is 2.62 bits per heavy atom. The van der Waals surface area contributed by atoms with Crippen molar-refractivity contribution >= 4 is 6.09 Å². The van der Waals surface area contributed by atoms with Crippen LogP contribution in [0.15, 0.2) is 18.2 Å². The highest BCUT2D eigenvalue weighted by molar-refractivity contribution is 5.65. The van der Waals surface area contributed by atoms with Gasteiger partial charge in [0.05, 0.1) is 0 Å². The molecule has 0 fully saturated rings. The second-order valence-corrected chi connectivity index (χ2v) is 3.27. The van der Waals surface area contributed by atoms with Crippen LogP contribution in [0.2, 0.25) is 0 Å². The van der Waals surface area contributed by atoms with Gasteiger partial charge >= 0.3 is 6.09 Å². The van der Waals surface area contributed by atoms with Gasteiger partial charge in [-0.3, -0.25) is 5.32 Å². The van der Waals surface area contributed by atoms with Crippen LogP contribution in [-0.4, -0.2) is 18.3 Å². The molecular formula is C10H11F2NO3. The van der Waals surface area contributed by atoms with Gasteiger partial charge in [-0.1, -0.05) is 12.1 Å². The zero-order chi connectivity index (χ0) is 12.3. The largest absolute Gasteiger partial charge is 0.465 e. The lowest BCUT2D eigenvalue weighted by Gasteiger charge is -2.28. The summed E-state index contributed by atoms with van der Waals surface area (Å²) < 4.78 is 31.3. The Kier molecular flexibility index (Phi) is 3.44. The van der Waals surface area contributed by atoms with Crippen LogP contribution in [0.3, 0.4) is 0 Å². The Morgan fingerprint density at radius 1 is 1.50 bits per heavy atom. The van der Waals surface area contributed by atoms with Crippen molar-refractivity contribution in [3.8, 4) is 0 Å². The van der Waals surface area contributed by atoms with E-state index in [-0.39, 0.29) is 5.56 Å². The van der Waals surface area contributed by atoms with E-state index in [0.29, 0.717) is 0 Å². The molecule has 1 unspecified atom stereocenters. The van der Waals surface area contributed by atoms with E-state index in [1.807, 2.05) is 5.32 Å². The van der Waals surface area contributed by atoms with Crippen LogP contribution in [0.1, 0.15) is 12.5 Å². The summed E-state index contributed by atoms with van der Waals surface area (Å²) >= 11 is 0. The number of methoxy groups -OCH3 is 1. The van der Waals surface area contributed by atoms with E-state index in [1.54, 1.807) is 0 Å². The smallest absolute Gasteiger partial charge is 0.407 e. The fourth-order valence-corrected chi connectivity index (χ4v) is 1.30. The van der Waals surface area contributed by atoms with Gasteiger partial charge in [0.1, 0.15) is 0 Å². The number of nitrogens with one attached hydrogen (secondary N) is 1. The van der Waals surface area contributed by atoms with E-state index in [0.717, 1.165) is 6.07 Å². The zero-order valence-electron chi connectivity index (χ0n) is 8.75. The van der Waals surface area contributed by atoms with Crippen LogP contribution in [0.4, 0.5) is 13.6 Å². The Hall–Kier alpha value is -1.69. The Morgan fingerprint density at radius 2 is 2.12 bits per heavy atom. The first-order valence-corrected chi connectivity index (χ1v) is 4.41. The van der Waals surface area contributed by atoms with E-state index in [1.165, 1.54) is 26.2 Å². The SMILES string of the molecule is COC(C)(NC(=O)O)c1cccc(F)c1F. The van der Waals surface area contributed by atoms with Crippen molar-refractivity contribution in [2.75, 3.05) is 7.11 Å². The third kappa shape index (κ3) is 2.27. The van der Waals surface area contributed by atoms with Crippen molar-refractivity contribution < 1.29 is 23.4 Å². The molecule has 0 saturated carbocycles. The van der Waals surface area contributed by atoms with Crippen molar-refractivity contribution in [3.05, 3.63) is 35.4 Å². The summed E-state index contributed by atoms with van der Waals surface area (Å²) in [5, 5.41) is 10.6. The predicted octanol–water partition coefficient (Wildman–Crippen LogP) is 2.05. The topological polar surface area (TPSA) is 58.6 Å². The van der Waals surface area contributed by atoms with Gasteiger partial charge in [-0.05, 0) is 13.0 Å². The lowest BCUT2D eigenvalue weighted by atomic mass is 10.0. The third-order valence-electron chi connectivity index (χ3n) is 2.22. The van der Waals surface area contributed by atoms with Crippen LogP contribution < -0.4 is 5.32 Å². The molecule has 0 radical (unpaired) electrons. The summed E-state index contributed by atoms with van der Waals surface area (Å²) in [6, 6.07) is 3.46. The molecular weight excluding hydrogens is 220 g/mol. The lowest BCUT2D eigenvalue weighted by Crippen LogP contribution is -2.45. The highest BCUT2D eigenvalue weighted by atomic mass is 19.2. The number of rotatable bonds is 3. The summed E-state index contributed by atoms with van der Waals surface area (Å²) in [5.41, 5.74) is -1.84. The molecule has 0 aliphatic carbocycles. The molecule has 0 spiro atoms. The van der Waals surface area contributed by atoms with Crippen molar-refractivity contribution in [1.82, 2.24) is 5.32 Å².